The molecule has 8 rings (SSSR count). The minimum absolute atomic E-state index is 0.0901. The molecule has 14 heteroatoms. The molecule has 1 spiro atoms. The number of aryl methyl sites for hydroxylation is 1. The van der Waals surface area contributed by atoms with Crippen molar-refractivity contribution in [2.45, 2.75) is 95.7 Å². The molecule has 1 fully saturated rings. The van der Waals surface area contributed by atoms with Crippen LogP contribution in [-0.2, 0) is 18.3 Å². The number of likely N-dealkylation sites (tertiary alicyclic amines) is 1. The van der Waals surface area contributed by atoms with Crippen LogP contribution >= 0.6 is 11.3 Å². The number of nitrogens with zero attached hydrogens (tertiary/aromatic N) is 10. The van der Waals surface area contributed by atoms with E-state index in [1.165, 1.54) is 4.88 Å². The molecule has 0 aromatic carbocycles. The van der Waals surface area contributed by atoms with Gasteiger partial charge < -0.3 is 25.8 Å². The first-order chi connectivity index (χ1) is 23.8. The average molecular weight is 679 g/mol. The van der Waals surface area contributed by atoms with Crippen molar-refractivity contribution in [1.29, 1.82) is 5.26 Å². The predicted molar refractivity (Wildman–Crippen MR) is 189 cm³/mol. The molecule has 0 amide bonds. The maximum atomic E-state index is 10.2. The van der Waals surface area contributed by atoms with Gasteiger partial charge in [0.1, 0.15) is 28.4 Å². The topological polar surface area (TPSA) is 178 Å². The minimum Gasteiger partial charge on any atom is -0.389 e. The van der Waals surface area contributed by atoms with Crippen molar-refractivity contribution in [3.63, 3.8) is 0 Å². The maximum absolute atomic E-state index is 10.2. The van der Waals surface area contributed by atoms with E-state index in [1.807, 2.05) is 6.20 Å². The van der Waals surface area contributed by atoms with E-state index in [-0.39, 0.29) is 12.1 Å². The summed E-state index contributed by atoms with van der Waals surface area (Å²) in [5.74, 6) is 2.45. The van der Waals surface area contributed by atoms with Crippen LogP contribution in [0, 0.1) is 11.3 Å². The van der Waals surface area contributed by atoms with Crippen molar-refractivity contribution in [2.75, 3.05) is 36.5 Å². The van der Waals surface area contributed by atoms with Crippen LogP contribution in [0.25, 0.3) is 22.6 Å². The minimum atomic E-state index is -0.435. The van der Waals surface area contributed by atoms with Gasteiger partial charge in [0.15, 0.2) is 22.9 Å². The Labute approximate surface area is 289 Å². The standard InChI is InChI=1S/C35H42N12OS/c1-5-46(20(3)27-30(37)40-15-14-39-27)33-23-18-41-47(19(2)24-10-8-16-45(24)4)34(23)43-32(42-33)28-21-9-6-12-35(29(21)48-44-28)13-7-11-25-26(35)22(17-36)31(38)49-25/h14-15,18-20,24H,5-13,16,38H2,1-4H3,(H2,37,40)/t19-,20+,24-,35-/m0/s1. The van der Waals surface area contributed by atoms with Gasteiger partial charge in [-0.15, -0.1) is 11.3 Å². The Morgan fingerprint density at radius 2 is 1.94 bits per heavy atom. The SMILES string of the molecule is CCN(c1nc(-c2noc3c2CCC[C@@]32CCCc3sc(N)c(C#N)c32)nc2c1cnn2[C@@H](C)[C@@H]1CCCN1C)[C@H](C)c1nccnc1N. The highest BCUT2D eigenvalue weighted by Crippen LogP contribution is 2.55. The monoisotopic (exact) mass is 678 g/mol. The summed E-state index contributed by atoms with van der Waals surface area (Å²) in [5, 5.41) is 21.3. The van der Waals surface area contributed by atoms with Crippen molar-refractivity contribution in [2.24, 2.45) is 0 Å². The van der Waals surface area contributed by atoms with E-state index >= 15 is 0 Å². The van der Waals surface area contributed by atoms with Crippen LogP contribution in [0.1, 0.15) is 104 Å². The van der Waals surface area contributed by atoms with E-state index in [0.29, 0.717) is 46.2 Å². The quantitative estimate of drug-likeness (QED) is 0.219. The molecular weight excluding hydrogens is 637 g/mol. The van der Waals surface area contributed by atoms with Crippen LogP contribution in [0.2, 0.25) is 0 Å². The number of hydrogen-bond acceptors (Lipinski definition) is 13. The average Bonchev–Trinajstić information content (AvgIpc) is 3.90. The second-order valence-electron chi connectivity index (χ2n) is 13.8. The third-order valence-corrected chi connectivity index (χ3v) is 12.3. The molecule has 254 valence electrons. The normalized spacial score (nSPS) is 21.8. The largest absolute Gasteiger partial charge is 0.389 e. The fourth-order valence-corrected chi connectivity index (χ4v) is 10.1. The van der Waals surface area contributed by atoms with Crippen molar-refractivity contribution in [3.05, 3.63) is 51.6 Å². The Kier molecular flexibility index (Phi) is 7.79. The van der Waals surface area contributed by atoms with E-state index in [1.54, 1.807) is 23.7 Å². The number of fused-ring (bicyclic) bond motifs is 5. The molecule has 0 radical (unpaired) electrons. The zero-order valence-electron chi connectivity index (χ0n) is 28.5. The van der Waals surface area contributed by atoms with Gasteiger partial charge in [0.2, 0.25) is 0 Å². The van der Waals surface area contributed by atoms with Crippen molar-refractivity contribution in [3.8, 4) is 17.6 Å². The lowest BCUT2D eigenvalue weighted by Gasteiger charge is -2.39. The number of thiophene rings is 1. The third kappa shape index (κ3) is 4.80. The molecule has 1 aliphatic heterocycles. The Morgan fingerprint density at radius 1 is 1.14 bits per heavy atom. The first kappa shape index (κ1) is 31.6. The molecule has 1 saturated heterocycles. The zero-order valence-corrected chi connectivity index (χ0v) is 29.3. The molecule has 0 saturated carbocycles. The summed E-state index contributed by atoms with van der Waals surface area (Å²) in [6, 6.07) is 2.63. The fraction of sp³-hybridized carbons (Fsp3) is 0.514. The summed E-state index contributed by atoms with van der Waals surface area (Å²) >= 11 is 1.54. The molecule has 6 heterocycles. The number of anilines is 3. The number of likely N-dealkylation sites (N-methyl/N-ethyl adjacent to an activating group) is 1. The van der Waals surface area contributed by atoms with Crippen LogP contribution < -0.4 is 16.4 Å². The molecule has 3 aliphatic rings. The molecule has 0 unspecified atom stereocenters. The number of nitrogen functional groups attached to an aromatic ring is 2. The van der Waals surface area contributed by atoms with Crippen LogP contribution in [0.3, 0.4) is 0 Å². The number of rotatable bonds is 7. The van der Waals surface area contributed by atoms with Gasteiger partial charge in [-0.05, 0) is 91.3 Å². The fourth-order valence-electron chi connectivity index (χ4n) is 8.90. The molecule has 2 aliphatic carbocycles. The van der Waals surface area contributed by atoms with E-state index < -0.39 is 5.41 Å². The summed E-state index contributed by atoms with van der Waals surface area (Å²) < 4.78 is 8.43. The number of nitriles is 1. The predicted octanol–water partition coefficient (Wildman–Crippen LogP) is 5.57. The van der Waals surface area contributed by atoms with Crippen molar-refractivity contribution < 1.29 is 4.52 Å². The Hall–Kier alpha value is -4.61. The van der Waals surface area contributed by atoms with Crippen LogP contribution in [-0.4, -0.2) is 66.0 Å². The van der Waals surface area contributed by atoms with Crippen LogP contribution in [0.4, 0.5) is 16.6 Å². The number of hydrogen-bond donors (Lipinski definition) is 2. The van der Waals surface area contributed by atoms with Gasteiger partial charge >= 0.3 is 0 Å². The van der Waals surface area contributed by atoms with Gasteiger partial charge in [-0.25, -0.2) is 19.6 Å². The smallest absolute Gasteiger partial charge is 0.186 e. The lowest BCUT2D eigenvalue weighted by molar-refractivity contribution is 0.232. The van der Waals surface area contributed by atoms with Gasteiger partial charge in [-0.2, -0.15) is 10.4 Å². The number of nitrogens with two attached hydrogens (primary N) is 2. The van der Waals surface area contributed by atoms with Gasteiger partial charge in [-0.3, -0.25) is 4.98 Å². The maximum Gasteiger partial charge on any atom is 0.186 e. The lowest BCUT2D eigenvalue weighted by atomic mass is 9.63. The van der Waals surface area contributed by atoms with Gasteiger partial charge in [-0.1, -0.05) is 5.16 Å². The summed E-state index contributed by atoms with van der Waals surface area (Å²) in [7, 11) is 2.19. The van der Waals surface area contributed by atoms with Crippen molar-refractivity contribution >= 4 is 39.0 Å². The highest BCUT2D eigenvalue weighted by molar-refractivity contribution is 7.16. The molecule has 4 atom stereocenters. The molecule has 13 nitrogen and oxygen atoms in total. The van der Waals surface area contributed by atoms with Gasteiger partial charge in [0, 0.05) is 35.4 Å². The van der Waals surface area contributed by atoms with Gasteiger partial charge in [0.05, 0.1) is 34.6 Å². The lowest BCUT2D eigenvalue weighted by Crippen LogP contribution is -2.35. The second-order valence-corrected chi connectivity index (χ2v) is 14.9. The molecule has 0 bridgehead atoms. The summed E-state index contributed by atoms with van der Waals surface area (Å²) in [5.41, 5.74) is 17.0. The van der Waals surface area contributed by atoms with Crippen molar-refractivity contribution in [1.82, 2.24) is 39.8 Å². The van der Waals surface area contributed by atoms with Crippen LogP contribution in [0.15, 0.2) is 23.1 Å². The number of aromatic nitrogens is 7. The zero-order chi connectivity index (χ0) is 34.0. The van der Waals surface area contributed by atoms with E-state index in [0.717, 1.165) is 91.6 Å². The van der Waals surface area contributed by atoms with Crippen LogP contribution in [0.5, 0.6) is 0 Å². The summed E-state index contributed by atoms with van der Waals surface area (Å²) in [6.07, 6.45) is 12.8. The first-order valence-electron chi connectivity index (χ1n) is 17.4. The second kappa shape index (κ2) is 12.1. The molecule has 5 aromatic rings. The van der Waals surface area contributed by atoms with E-state index in [9.17, 15) is 5.26 Å². The highest BCUT2D eigenvalue weighted by Gasteiger charge is 2.49. The molecule has 49 heavy (non-hydrogen) atoms. The summed E-state index contributed by atoms with van der Waals surface area (Å²) in [6.45, 7) is 8.09. The summed E-state index contributed by atoms with van der Waals surface area (Å²) in [4.78, 5) is 25.2. The third-order valence-electron chi connectivity index (χ3n) is 11.3. The van der Waals surface area contributed by atoms with E-state index in [4.69, 9.17) is 36.2 Å². The molecular formula is C35H42N12OS. The Morgan fingerprint density at radius 3 is 2.67 bits per heavy atom. The Bertz CT molecular complexity index is 2090. The van der Waals surface area contributed by atoms with E-state index in [2.05, 4.69) is 58.3 Å². The molecule has 4 N–H and O–H groups in total. The molecule has 5 aromatic heterocycles. The first-order valence-corrected chi connectivity index (χ1v) is 18.2. The highest BCUT2D eigenvalue weighted by atomic mass is 32.1. The van der Waals surface area contributed by atoms with Gasteiger partial charge in [0.25, 0.3) is 0 Å². The Balaban J connectivity index is 1.31.